The molecule has 1 aromatic carbocycles. The van der Waals surface area contributed by atoms with Crippen LogP contribution in [0.2, 0.25) is 0 Å². The molecule has 5 heteroatoms. The summed E-state index contributed by atoms with van der Waals surface area (Å²) >= 11 is 0. The number of sulfonamides is 1. The van der Waals surface area contributed by atoms with Crippen molar-refractivity contribution in [3.63, 3.8) is 0 Å². The third-order valence-corrected chi connectivity index (χ3v) is 4.43. The minimum Gasteiger partial charge on any atom is -0.207 e. The van der Waals surface area contributed by atoms with E-state index < -0.39 is 10.0 Å². The summed E-state index contributed by atoms with van der Waals surface area (Å²) in [7, 11) is -3.53. The van der Waals surface area contributed by atoms with E-state index in [2.05, 4.69) is 4.72 Å². The summed E-state index contributed by atoms with van der Waals surface area (Å²) in [6.07, 6.45) is 2.77. The molecule has 0 aliphatic carbocycles. The Labute approximate surface area is 115 Å². The lowest BCUT2D eigenvalue weighted by atomic mass is 10.1. The minimum atomic E-state index is -3.53. The van der Waals surface area contributed by atoms with Crippen molar-refractivity contribution in [3.8, 4) is 6.07 Å². The number of aryl methyl sites for hydroxylation is 1. The van der Waals surface area contributed by atoms with Gasteiger partial charge < -0.3 is 0 Å². The number of nitrogens with one attached hydrogen (secondary N) is 1. The molecule has 1 rings (SSSR count). The van der Waals surface area contributed by atoms with E-state index in [0.29, 0.717) is 6.42 Å². The van der Waals surface area contributed by atoms with Crippen LogP contribution in [0, 0.1) is 18.3 Å². The molecular formula is C14H20N2O2S. The SMILES string of the molecule is CCCCC(CC#N)NS(=O)(=O)c1ccc(C)cc1. The first-order valence-corrected chi connectivity index (χ1v) is 7.94. The molecule has 0 saturated heterocycles. The van der Waals surface area contributed by atoms with Crippen LogP contribution in [0.3, 0.4) is 0 Å². The van der Waals surface area contributed by atoms with E-state index in [1.807, 2.05) is 19.9 Å². The van der Waals surface area contributed by atoms with Gasteiger partial charge in [-0.2, -0.15) is 5.26 Å². The van der Waals surface area contributed by atoms with Gasteiger partial charge in [-0.1, -0.05) is 37.5 Å². The fourth-order valence-electron chi connectivity index (χ4n) is 1.77. The van der Waals surface area contributed by atoms with Crippen LogP contribution >= 0.6 is 0 Å². The van der Waals surface area contributed by atoms with Gasteiger partial charge in [0, 0.05) is 6.04 Å². The van der Waals surface area contributed by atoms with E-state index in [1.54, 1.807) is 24.3 Å². The molecule has 1 aromatic rings. The fourth-order valence-corrected chi connectivity index (χ4v) is 3.04. The highest BCUT2D eigenvalue weighted by Gasteiger charge is 2.19. The average Bonchev–Trinajstić information content (AvgIpc) is 2.36. The zero-order valence-electron chi connectivity index (χ0n) is 11.4. The Bertz CT molecular complexity index is 530. The van der Waals surface area contributed by atoms with Gasteiger partial charge in [0.25, 0.3) is 0 Å². The largest absolute Gasteiger partial charge is 0.240 e. The van der Waals surface area contributed by atoms with Crippen molar-refractivity contribution in [3.05, 3.63) is 29.8 Å². The maximum Gasteiger partial charge on any atom is 0.240 e. The van der Waals surface area contributed by atoms with Gasteiger partial charge in [-0.05, 0) is 25.5 Å². The zero-order chi connectivity index (χ0) is 14.3. The quantitative estimate of drug-likeness (QED) is 0.835. The van der Waals surface area contributed by atoms with Gasteiger partial charge in [0.05, 0.1) is 17.4 Å². The van der Waals surface area contributed by atoms with Crippen molar-refractivity contribution in [2.45, 2.75) is 50.5 Å². The molecule has 0 aromatic heterocycles. The number of unbranched alkanes of at least 4 members (excludes halogenated alkanes) is 1. The summed E-state index contributed by atoms with van der Waals surface area (Å²) < 4.78 is 27.0. The number of nitrogens with zero attached hydrogens (tertiary/aromatic N) is 1. The van der Waals surface area contributed by atoms with E-state index >= 15 is 0 Å². The lowest BCUT2D eigenvalue weighted by molar-refractivity contribution is 0.516. The predicted octanol–water partition coefficient (Wildman–Crippen LogP) is 2.75. The highest BCUT2D eigenvalue weighted by atomic mass is 32.2. The van der Waals surface area contributed by atoms with Crippen LogP contribution in [0.25, 0.3) is 0 Å². The second-order valence-corrected chi connectivity index (χ2v) is 6.35. The molecule has 0 amide bonds. The fraction of sp³-hybridized carbons (Fsp3) is 0.500. The topological polar surface area (TPSA) is 70.0 Å². The van der Waals surface area contributed by atoms with Crippen molar-refractivity contribution in [2.75, 3.05) is 0 Å². The molecule has 0 spiro atoms. The molecule has 4 nitrogen and oxygen atoms in total. The van der Waals surface area contributed by atoms with Gasteiger partial charge in [0.15, 0.2) is 0 Å². The van der Waals surface area contributed by atoms with Crippen molar-refractivity contribution >= 4 is 10.0 Å². The summed E-state index contributed by atoms with van der Waals surface area (Å²) in [5.74, 6) is 0. The van der Waals surface area contributed by atoms with Gasteiger partial charge in [-0.25, -0.2) is 13.1 Å². The van der Waals surface area contributed by atoms with Crippen LogP contribution in [-0.2, 0) is 10.0 Å². The number of nitriles is 1. The van der Waals surface area contributed by atoms with Crippen LogP contribution in [0.15, 0.2) is 29.2 Å². The Hall–Kier alpha value is -1.38. The molecule has 104 valence electrons. The van der Waals surface area contributed by atoms with Gasteiger partial charge in [-0.15, -0.1) is 0 Å². The number of rotatable bonds is 7. The molecule has 0 saturated carbocycles. The third kappa shape index (κ3) is 5.01. The van der Waals surface area contributed by atoms with Gasteiger partial charge in [0.2, 0.25) is 10.0 Å². The second kappa shape index (κ2) is 7.27. The van der Waals surface area contributed by atoms with Crippen LogP contribution in [-0.4, -0.2) is 14.5 Å². The van der Waals surface area contributed by atoms with Crippen LogP contribution in [0.5, 0.6) is 0 Å². The Morgan fingerprint density at radius 3 is 2.47 bits per heavy atom. The lowest BCUT2D eigenvalue weighted by Crippen LogP contribution is -2.34. The molecule has 1 unspecified atom stereocenters. The van der Waals surface area contributed by atoms with Crippen molar-refractivity contribution < 1.29 is 8.42 Å². The van der Waals surface area contributed by atoms with Crippen LogP contribution in [0.1, 0.15) is 38.2 Å². The first-order chi connectivity index (χ1) is 8.99. The summed E-state index contributed by atoms with van der Waals surface area (Å²) in [6.45, 7) is 3.95. The molecule has 1 atom stereocenters. The molecule has 0 radical (unpaired) electrons. The maximum atomic E-state index is 12.2. The van der Waals surface area contributed by atoms with Gasteiger partial charge >= 0.3 is 0 Å². The molecule has 0 heterocycles. The van der Waals surface area contributed by atoms with Gasteiger partial charge in [0.1, 0.15) is 0 Å². The average molecular weight is 280 g/mol. The second-order valence-electron chi connectivity index (χ2n) is 4.64. The van der Waals surface area contributed by atoms with Crippen LogP contribution < -0.4 is 4.72 Å². The standard InChI is InChI=1S/C14H20N2O2S/c1-3-4-5-13(10-11-15)16-19(17,18)14-8-6-12(2)7-9-14/h6-9,13,16H,3-5,10H2,1-2H3. The Morgan fingerprint density at radius 2 is 1.95 bits per heavy atom. The Morgan fingerprint density at radius 1 is 1.32 bits per heavy atom. The summed E-state index contributed by atoms with van der Waals surface area (Å²) in [5, 5.41) is 8.75. The molecule has 0 fully saturated rings. The Kier molecular flexibility index (Phi) is 6.00. The van der Waals surface area contributed by atoms with E-state index in [1.165, 1.54) is 0 Å². The predicted molar refractivity (Wildman–Crippen MR) is 75.0 cm³/mol. The number of hydrogen-bond acceptors (Lipinski definition) is 3. The Balaban J connectivity index is 2.81. The normalized spacial score (nSPS) is 12.9. The zero-order valence-corrected chi connectivity index (χ0v) is 12.2. The third-order valence-electron chi connectivity index (χ3n) is 2.90. The first kappa shape index (κ1) is 15.7. The highest BCUT2D eigenvalue weighted by molar-refractivity contribution is 7.89. The van der Waals surface area contributed by atoms with E-state index in [0.717, 1.165) is 18.4 Å². The first-order valence-electron chi connectivity index (χ1n) is 6.45. The van der Waals surface area contributed by atoms with E-state index in [-0.39, 0.29) is 17.4 Å². The molecule has 0 aliphatic rings. The summed E-state index contributed by atoms with van der Waals surface area (Å²) in [5.41, 5.74) is 1.01. The molecule has 19 heavy (non-hydrogen) atoms. The smallest absolute Gasteiger partial charge is 0.207 e. The molecule has 0 bridgehead atoms. The molecular weight excluding hydrogens is 260 g/mol. The number of benzene rings is 1. The van der Waals surface area contributed by atoms with Crippen molar-refractivity contribution in [1.29, 1.82) is 5.26 Å². The highest BCUT2D eigenvalue weighted by Crippen LogP contribution is 2.13. The van der Waals surface area contributed by atoms with Crippen molar-refractivity contribution in [2.24, 2.45) is 0 Å². The number of hydrogen-bond donors (Lipinski definition) is 1. The summed E-state index contributed by atoms with van der Waals surface area (Å²) in [6, 6.07) is 8.42. The molecule has 1 N–H and O–H groups in total. The van der Waals surface area contributed by atoms with E-state index in [4.69, 9.17) is 5.26 Å². The maximum absolute atomic E-state index is 12.2. The van der Waals surface area contributed by atoms with Crippen LogP contribution in [0.4, 0.5) is 0 Å². The summed E-state index contributed by atoms with van der Waals surface area (Å²) in [4.78, 5) is 0.248. The monoisotopic (exact) mass is 280 g/mol. The van der Waals surface area contributed by atoms with Gasteiger partial charge in [-0.3, -0.25) is 0 Å². The van der Waals surface area contributed by atoms with Crippen molar-refractivity contribution in [1.82, 2.24) is 4.72 Å². The minimum absolute atomic E-state index is 0.199. The van der Waals surface area contributed by atoms with E-state index in [9.17, 15) is 8.42 Å². The lowest BCUT2D eigenvalue weighted by Gasteiger charge is -2.15. The molecule has 0 aliphatic heterocycles.